The molecule has 0 radical (unpaired) electrons. The van der Waals surface area contributed by atoms with Crippen LogP contribution in [0.4, 0.5) is 0 Å². The number of nitrogens with zero attached hydrogens (tertiary/aromatic N) is 2. The van der Waals surface area contributed by atoms with Crippen LogP contribution in [0.2, 0.25) is 0 Å². The van der Waals surface area contributed by atoms with Gasteiger partial charge < -0.3 is 15.1 Å². The van der Waals surface area contributed by atoms with Crippen LogP contribution in [0.3, 0.4) is 0 Å². The van der Waals surface area contributed by atoms with Gasteiger partial charge in [-0.05, 0) is 38.2 Å². The van der Waals surface area contributed by atoms with Gasteiger partial charge in [0.1, 0.15) is 0 Å². The maximum Gasteiger partial charge on any atom is 0.0229 e. The van der Waals surface area contributed by atoms with E-state index >= 15 is 0 Å². The van der Waals surface area contributed by atoms with Gasteiger partial charge in [-0.2, -0.15) is 0 Å². The number of hydrogen-bond acceptors (Lipinski definition) is 3. The van der Waals surface area contributed by atoms with Crippen LogP contribution in [0.5, 0.6) is 0 Å². The Balaban J connectivity index is 1.66. The lowest BCUT2D eigenvalue weighted by Crippen LogP contribution is -2.37. The molecule has 2 atom stereocenters. The smallest absolute Gasteiger partial charge is 0.0229 e. The van der Waals surface area contributed by atoms with Gasteiger partial charge in [0.2, 0.25) is 0 Å². The molecule has 2 aliphatic rings. The van der Waals surface area contributed by atoms with Crippen molar-refractivity contribution in [2.75, 3.05) is 40.3 Å². The average Bonchev–Trinajstić information content (AvgIpc) is 2.88. The van der Waals surface area contributed by atoms with Crippen molar-refractivity contribution in [2.24, 2.45) is 0 Å². The predicted molar refractivity (Wildman–Crippen MR) is 79.4 cm³/mol. The Kier molecular flexibility index (Phi) is 3.87. The highest BCUT2D eigenvalue weighted by Gasteiger charge is 2.28. The number of nitrogens with one attached hydrogen (secondary N) is 1. The molecule has 0 bridgehead atoms. The quantitative estimate of drug-likeness (QED) is 0.888. The van der Waals surface area contributed by atoms with Gasteiger partial charge in [0.05, 0.1) is 0 Å². The molecule has 1 N–H and O–H groups in total. The van der Waals surface area contributed by atoms with Crippen molar-refractivity contribution in [2.45, 2.75) is 24.9 Å². The number of benzene rings is 1. The molecular weight excluding hydrogens is 234 g/mol. The topological polar surface area (TPSA) is 18.5 Å². The average molecular weight is 259 g/mol. The molecule has 0 aromatic heterocycles. The van der Waals surface area contributed by atoms with E-state index in [1.807, 2.05) is 0 Å². The van der Waals surface area contributed by atoms with Gasteiger partial charge in [0, 0.05) is 38.1 Å². The Labute approximate surface area is 116 Å². The molecular formula is C16H25N3. The Morgan fingerprint density at radius 1 is 1.32 bits per heavy atom. The first kappa shape index (κ1) is 13.1. The molecule has 2 heterocycles. The second-order valence-electron chi connectivity index (χ2n) is 6.19. The van der Waals surface area contributed by atoms with Gasteiger partial charge in [-0.15, -0.1) is 0 Å². The molecule has 2 aliphatic heterocycles. The summed E-state index contributed by atoms with van der Waals surface area (Å²) in [6.45, 7) is 5.84. The zero-order valence-corrected chi connectivity index (χ0v) is 12.1. The summed E-state index contributed by atoms with van der Waals surface area (Å²) in [5, 5.41) is 3.56. The minimum atomic E-state index is 0.658. The first-order valence-electron chi connectivity index (χ1n) is 7.41. The molecule has 1 saturated heterocycles. The third-order valence-corrected chi connectivity index (χ3v) is 4.66. The molecule has 104 valence electrons. The summed E-state index contributed by atoms with van der Waals surface area (Å²) in [5.74, 6) is 0.658. The third kappa shape index (κ3) is 2.83. The van der Waals surface area contributed by atoms with Crippen LogP contribution in [0, 0.1) is 0 Å². The summed E-state index contributed by atoms with van der Waals surface area (Å²) in [7, 11) is 4.40. The molecule has 3 heteroatoms. The molecule has 2 unspecified atom stereocenters. The summed E-state index contributed by atoms with van der Waals surface area (Å²) in [6, 6.07) is 9.67. The lowest BCUT2D eigenvalue weighted by atomic mass is 9.90. The molecule has 0 saturated carbocycles. The zero-order valence-electron chi connectivity index (χ0n) is 12.1. The van der Waals surface area contributed by atoms with Crippen molar-refractivity contribution in [3.8, 4) is 0 Å². The fourth-order valence-electron chi connectivity index (χ4n) is 3.46. The molecule has 3 nitrogen and oxygen atoms in total. The van der Waals surface area contributed by atoms with E-state index < -0.39 is 0 Å². The first-order valence-corrected chi connectivity index (χ1v) is 7.41. The third-order valence-electron chi connectivity index (χ3n) is 4.66. The summed E-state index contributed by atoms with van der Waals surface area (Å²) in [4.78, 5) is 5.01. The van der Waals surface area contributed by atoms with Crippen LogP contribution in [0.15, 0.2) is 24.3 Å². The van der Waals surface area contributed by atoms with Crippen LogP contribution in [-0.2, 0) is 6.54 Å². The zero-order chi connectivity index (χ0) is 13.2. The van der Waals surface area contributed by atoms with Gasteiger partial charge in [-0.25, -0.2) is 0 Å². The molecule has 3 rings (SSSR count). The fourth-order valence-corrected chi connectivity index (χ4v) is 3.46. The van der Waals surface area contributed by atoms with Crippen LogP contribution >= 0.6 is 0 Å². The van der Waals surface area contributed by atoms with E-state index in [1.54, 1.807) is 5.56 Å². The van der Waals surface area contributed by atoms with E-state index in [4.69, 9.17) is 0 Å². The monoisotopic (exact) mass is 259 g/mol. The Morgan fingerprint density at radius 2 is 2.16 bits per heavy atom. The summed E-state index contributed by atoms with van der Waals surface area (Å²) >= 11 is 0. The van der Waals surface area contributed by atoms with Crippen LogP contribution in [0.1, 0.15) is 23.5 Å². The number of fused-ring (bicyclic) bond motifs is 1. The van der Waals surface area contributed by atoms with Gasteiger partial charge in [0.15, 0.2) is 0 Å². The van der Waals surface area contributed by atoms with E-state index in [-0.39, 0.29) is 0 Å². The van der Waals surface area contributed by atoms with Crippen LogP contribution < -0.4 is 5.32 Å². The molecule has 0 amide bonds. The standard InChI is InChI=1S/C16H25N3/c1-18(2)15-7-8-19(12-15)11-14-10-17-9-13-5-3-4-6-16(13)14/h3-6,14-15,17H,7-12H2,1-2H3. The minimum absolute atomic E-state index is 0.658. The highest BCUT2D eigenvalue weighted by atomic mass is 15.2. The van der Waals surface area contributed by atoms with E-state index in [9.17, 15) is 0 Å². The van der Waals surface area contributed by atoms with Crippen molar-refractivity contribution in [1.29, 1.82) is 0 Å². The van der Waals surface area contributed by atoms with Crippen molar-refractivity contribution in [1.82, 2.24) is 15.1 Å². The normalized spacial score (nSPS) is 27.7. The van der Waals surface area contributed by atoms with Gasteiger partial charge >= 0.3 is 0 Å². The maximum atomic E-state index is 3.56. The van der Waals surface area contributed by atoms with E-state index in [0.717, 1.165) is 19.1 Å². The summed E-state index contributed by atoms with van der Waals surface area (Å²) in [6.07, 6.45) is 1.31. The van der Waals surface area contributed by atoms with Crippen molar-refractivity contribution in [3.05, 3.63) is 35.4 Å². The molecule has 1 fully saturated rings. The first-order chi connectivity index (χ1) is 9.24. The number of rotatable bonds is 3. The Morgan fingerprint density at radius 3 is 2.95 bits per heavy atom. The van der Waals surface area contributed by atoms with Crippen molar-refractivity contribution >= 4 is 0 Å². The Bertz CT molecular complexity index is 430. The summed E-state index contributed by atoms with van der Waals surface area (Å²) in [5.41, 5.74) is 3.05. The van der Waals surface area contributed by atoms with Crippen LogP contribution in [0.25, 0.3) is 0 Å². The van der Waals surface area contributed by atoms with Crippen molar-refractivity contribution < 1.29 is 0 Å². The second-order valence-corrected chi connectivity index (χ2v) is 6.19. The van der Waals surface area contributed by atoms with Gasteiger partial charge in [-0.3, -0.25) is 0 Å². The SMILES string of the molecule is CN(C)C1CCN(CC2CNCc3ccccc32)C1. The van der Waals surface area contributed by atoms with E-state index in [1.165, 1.54) is 31.6 Å². The second kappa shape index (κ2) is 5.61. The Hall–Kier alpha value is -0.900. The van der Waals surface area contributed by atoms with E-state index in [0.29, 0.717) is 5.92 Å². The molecule has 0 spiro atoms. The number of hydrogen-bond donors (Lipinski definition) is 1. The highest BCUT2D eigenvalue weighted by molar-refractivity contribution is 5.33. The fraction of sp³-hybridized carbons (Fsp3) is 0.625. The largest absolute Gasteiger partial charge is 0.312 e. The maximum absolute atomic E-state index is 3.56. The van der Waals surface area contributed by atoms with Gasteiger partial charge in [0.25, 0.3) is 0 Å². The molecule has 19 heavy (non-hydrogen) atoms. The minimum Gasteiger partial charge on any atom is -0.312 e. The van der Waals surface area contributed by atoms with E-state index in [2.05, 4.69) is 53.5 Å². The summed E-state index contributed by atoms with van der Waals surface area (Å²) < 4.78 is 0. The molecule has 0 aliphatic carbocycles. The van der Waals surface area contributed by atoms with Gasteiger partial charge in [-0.1, -0.05) is 24.3 Å². The molecule has 1 aromatic rings. The van der Waals surface area contributed by atoms with Crippen LogP contribution in [-0.4, -0.2) is 56.1 Å². The lowest BCUT2D eigenvalue weighted by molar-refractivity contribution is 0.256. The lowest BCUT2D eigenvalue weighted by Gasteiger charge is -2.30. The predicted octanol–water partition coefficient (Wildman–Crippen LogP) is 1.51. The number of likely N-dealkylation sites (N-methyl/N-ethyl adjacent to an activating group) is 1. The molecule has 1 aromatic carbocycles. The van der Waals surface area contributed by atoms with Crippen molar-refractivity contribution in [3.63, 3.8) is 0 Å². The highest BCUT2D eigenvalue weighted by Crippen LogP contribution is 2.26. The number of likely N-dealkylation sites (tertiary alicyclic amines) is 1.